The van der Waals surface area contributed by atoms with Crippen molar-refractivity contribution in [3.63, 3.8) is 0 Å². The van der Waals surface area contributed by atoms with E-state index in [1.165, 1.54) is 0 Å². The van der Waals surface area contributed by atoms with Gasteiger partial charge in [-0.2, -0.15) is 26.3 Å². The average Bonchev–Trinajstić information content (AvgIpc) is 1.77. The van der Waals surface area contributed by atoms with Crippen molar-refractivity contribution in [1.29, 1.82) is 0 Å². The number of hydrogen-bond donors (Lipinski definition) is 0. The van der Waals surface area contributed by atoms with Crippen LogP contribution in [-0.2, 0) is 4.65 Å². The number of alkyl halides is 6. The second kappa shape index (κ2) is 5.40. The SMILES string of the molecule is [Mg+2].[O-]B([O-])OC(C(F)(F)F)C(F)(F)F. The summed E-state index contributed by atoms with van der Waals surface area (Å²) < 4.78 is 71.3. The van der Waals surface area contributed by atoms with Gasteiger partial charge in [0, 0.05) is 0 Å². The van der Waals surface area contributed by atoms with Crippen molar-refractivity contribution in [3.8, 4) is 0 Å². The molecule has 0 aliphatic rings. The Hall–Kier alpha value is 0.291. The van der Waals surface area contributed by atoms with Crippen LogP contribution in [-0.4, -0.2) is 48.8 Å². The van der Waals surface area contributed by atoms with Crippen LogP contribution in [0.15, 0.2) is 0 Å². The fourth-order valence-corrected chi connectivity index (χ4v) is 0.451. The third-order valence-corrected chi connectivity index (χ3v) is 0.842. The van der Waals surface area contributed by atoms with Crippen molar-refractivity contribution in [2.24, 2.45) is 0 Å². The van der Waals surface area contributed by atoms with Crippen LogP contribution < -0.4 is 10.0 Å². The molecular weight excluding hydrogens is 233 g/mol. The second-order valence-electron chi connectivity index (χ2n) is 1.89. The molecule has 0 aromatic rings. The maximum absolute atomic E-state index is 11.5. The van der Waals surface area contributed by atoms with Gasteiger partial charge in [0.1, 0.15) is 0 Å². The Bertz CT molecular complexity index is 155. The first-order valence-corrected chi connectivity index (χ1v) is 2.65. The van der Waals surface area contributed by atoms with Gasteiger partial charge < -0.3 is 14.7 Å². The first-order valence-electron chi connectivity index (χ1n) is 2.65. The zero-order valence-electron chi connectivity index (χ0n) is 6.35. The third kappa shape index (κ3) is 5.90. The normalized spacial score (nSPS) is 12.6. The zero-order chi connectivity index (χ0) is 10.9. The second-order valence-corrected chi connectivity index (χ2v) is 1.89. The van der Waals surface area contributed by atoms with E-state index in [0.29, 0.717) is 0 Å². The van der Waals surface area contributed by atoms with Crippen molar-refractivity contribution in [1.82, 2.24) is 0 Å². The van der Waals surface area contributed by atoms with Crippen molar-refractivity contribution < 1.29 is 41.0 Å². The molecule has 0 atom stereocenters. The Kier molecular flexibility index (Phi) is 6.44. The molecule has 0 aromatic carbocycles. The molecule has 0 amide bonds. The van der Waals surface area contributed by atoms with Crippen LogP contribution in [0.1, 0.15) is 0 Å². The number of halogens is 6. The van der Waals surface area contributed by atoms with E-state index in [9.17, 15) is 36.4 Å². The molecule has 11 heteroatoms. The molecule has 0 radical (unpaired) electrons. The molecule has 0 aliphatic carbocycles. The molecule has 0 bridgehead atoms. The van der Waals surface area contributed by atoms with Gasteiger partial charge in [0.15, 0.2) is 0 Å². The summed E-state index contributed by atoms with van der Waals surface area (Å²) in [4.78, 5) is 0. The van der Waals surface area contributed by atoms with Gasteiger partial charge in [-0.3, -0.25) is 0 Å². The molecule has 0 heterocycles. The third-order valence-electron chi connectivity index (χ3n) is 0.842. The average molecular weight is 234 g/mol. The van der Waals surface area contributed by atoms with E-state index < -0.39 is 25.8 Å². The Morgan fingerprint density at radius 1 is 0.929 bits per heavy atom. The molecule has 14 heavy (non-hydrogen) atoms. The van der Waals surface area contributed by atoms with Gasteiger partial charge >= 0.3 is 35.4 Å². The fourth-order valence-electron chi connectivity index (χ4n) is 0.451. The molecule has 3 nitrogen and oxygen atoms in total. The smallest absolute Gasteiger partial charge is 0.871 e. The predicted octanol–water partition coefficient (Wildman–Crippen LogP) is -1.18. The van der Waals surface area contributed by atoms with Crippen molar-refractivity contribution in [2.75, 3.05) is 0 Å². The van der Waals surface area contributed by atoms with E-state index in [1.807, 2.05) is 0 Å². The minimum atomic E-state index is -5.81. The summed E-state index contributed by atoms with van der Waals surface area (Å²) in [6, 6.07) is 0. The first-order chi connectivity index (χ1) is 5.55. The summed E-state index contributed by atoms with van der Waals surface area (Å²) in [6.07, 6.45) is -15.9. The summed E-state index contributed by atoms with van der Waals surface area (Å²) in [5, 5.41) is 18.9. The first kappa shape index (κ1) is 16.7. The van der Waals surface area contributed by atoms with E-state index in [0.717, 1.165) is 0 Å². The number of hydrogen-bond acceptors (Lipinski definition) is 3. The Morgan fingerprint density at radius 3 is 1.29 bits per heavy atom. The predicted molar refractivity (Wildman–Crippen MR) is 28.5 cm³/mol. The standard InChI is InChI=1S/C3HBF6O3.Mg/c5-2(6,7)1(3(8,9)10)13-4(11)12;/h1H;/q-2;+2. The van der Waals surface area contributed by atoms with Crippen LogP contribution in [0.25, 0.3) is 0 Å². The quantitative estimate of drug-likeness (QED) is 0.446. The topological polar surface area (TPSA) is 55.3 Å². The molecular formula is C3HBF6MgO3. The van der Waals surface area contributed by atoms with Gasteiger partial charge in [-0.05, 0) is 0 Å². The molecule has 0 fully saturated rings. The van der Waals surface area contributed by atoms with Gasteiger partial charge in [0.25, 0.3) is 0 Å². The van der Waals surface area contributed by atoms with E-state index in [1.54, 1.807) is 0 Å². The monoisotopic (exact) mass is 234 g/mol. The van der Waals surface area contributed by atoms with Crippen LogP contribution in [0.5, 0.6) is 0 Å². The minimum absolute atomic E-state index is 0. The molecule has 0 N–H and O–H groups in total. The molecule has 0 aromatic heterocycles. The molecule has 0 aliphatic heterocycles. The fraction of sp³-hybridized carbons (Fsp3) is 1.00. The molecule has 0 rings (SSSR count). The summed E-state index contributed by atoms with van der Waals surface area (Å²) in [6.45, 7) is 0. The Labute approximate surface area is 90.4 Å². The van der Waals surface area contributed by atoms with Crippen molar-refractivity contribution >= 4 is 30.4 Å². The molecule has 0 spiro atoms. The number of rotatable bonds is 2. The van der Waals surface area contributed by atoms with Crippen LogP contribution >= 0.6 is 0 Å². The Morgan fingerprint density at radius 2 is 1.21 bits per heavy atom. The minimum Gasteiger partial charge on any atom is -0.871 e. The zero-order valence-corrected chi connectivity index (χ0v) is 7.77. The molecule has 0 saturated heterocycles. The summed E-state index contributed by atoms with van der Waals surface area (Å²) in [5.74, 6) is 0. The van der Waals surface area contributed by atoms with Crippen LogP contribution in [0.2, 0.25) is 0 Å². The van der Waals surface area contributed by atoms with Crippen LogP contribution in [0, 0.1) is 0 Å². The summed E-state index contributed by atoms with van der Waals surface area (Å²) in [7, 11) is -3.63. The van der Waals surface area contributed by atoms with Crippen molar-refractivity contribution in [2.45, 2.75) is 18.5 Å². The molecule has 0 unspecified atom stereocenters. The maximum atomic E-state index is 11.5. The van der Waals surface area contributed by atoms with Gasteiger partial charge in [0.05, 0.1) is 7.32 Å². The summed E-state index contributed by atoms with van der Waals surface area (Å²) >= 11 is 0. The van der Waals surface area contributed by atoms with Crippen LogP contribution in [0.4, 0.5) is 26.3 Å². The van der Waals surface area contributed by atoms with Gasteiger partial charge in [-0.15, -0.1) is 0 Å². The maximum Gasteiger partial charge on any atom is 2.00 e. The van der Waals surface area contributed by atoms with E-state index in [4.69, 9.17) is 0 Å². The van der Waals surface area contributed by atoms with E-state index in [2.05, 4.69) is 4.65 Å². The van der Waals surface area contributed by atoms with E-state index in [-0.39, 0.29) is 23.1 Å². The van der Waals surface area contributed by atoms with Gasteiger partial charge in [-0.1, -0.05) is 0 Å². The van der Waals surface area contributed by atoms with Crippen molar-refractivity contribution in [3.05, 3.63) is 0 Å². The largest absolute Gasteiger partial charge is 2.00 e. The summed E-state index contributed by atoms with van der Waals surface area (Å²) in [5.41, 5.74) is 0. The van der Waals surface area contributed by atoms with Crippen LogP contribution in [0.3, 0.4) is 0 Å². The van der Waals surface area contributed by atoms with Gasteiger partial charge in [0.2, 0.25) is 6.10 Å². The molecule has 0 saturated carbocycles. The van der Waals surface area contributed by atoms with E-state index >= 15 is 0 Å². The Balaban J connectivity index is 0. The van der Waals surface area contributed by atoms with Gasteiger partial charge in [-0.25, -0.2) is 0 Å². The molecule has 78 valence electrons.